The molecule has 29 heavy (non-hydrogen) atoms. The molecular weight excluding hydrogens is 364 g/mol. The number of anilines is 2. The molecular formula is C23H22N4O2. The fourth-order valence-electron chi connectivity index (χ4n) is 4.10. The molecule has 1 aliphatic rings. The van der Waals surface area contributed by atoms with Gasteiger partial charge in [0.25, 0.3) is 0 Å². The van der Waals surface area contributed by atoms with Gasteiger partial charge in [0.1, 0.15) is 0 Å². The van der Waals surface area contributed by atoms with E-state index in [1.54, 1.807) is 6.92 Å². The highest BCUT2D eigenvalue weighted by Gasteiger charge is 2.30. The van der Waals surface area contributed by atoms with Gasteiger partial charge >= 0.3 is 0 Å². The van der Waals surface area contributed by atoms with Gasteiger partial charge in [0.2, 0.25) is 11.9 Å². The number of Topliss-reactive ketones (excluding diaryl/α,β-unsaturated/α-hetero) is 1. The highest BCUT2D eigenvalue weighted by atomic mass is 16.1. The van der Waals surface area contributed by atoms with Gasteiger partial charge < -0.3 is 11.1 Å². The van der Waals surface area contributed by atoms with Crippen molar-refractivity contribution in [2.24, 2.45) is 0 Å². The molecule has 1 amide bonds. The van der Waals surface area contributed by atoms with Gasteiger partial charge in [-0.1, -0.05) is 36.4 Å². The Labute approximate surface area is 169 Å². The van der Waals surface area contributed by atoms with E-state index >= 15 is 0 Å². The highest BCUT2D eigenvalue weighted by molar-refractivity contribution is 6.00. The first-order chi connectivity index (χ1) is 13.9. The molecule has 6 nitrogen and oxygen atoms in total. The maximum absolute atomic E-state index is 12.9. The molecule has 146 valence electrons. The maximum atomic E-state index is 12.9. The fourth-order valence-corrected chi connectivity index (χ4v) is 4.10. The molecule has 1 unspecified atom stereocenters. The smallest absolute Gasteiger partial charge is 0.221 e. The number of amides is 1. The number of hydrogen-bond donors (Lipinski definition) is 2. The monoisotopic (exact) mass is 386 g/mol. The van der Waals surface area contributed by atoms with E-state index in [4.69, 9.17) is 5.73 Å². The van der Waals surface area contributed by atoms with E-state index in [9.17, 15) is 9.59 Å². The summed E-state index contributed by atoms with van der Waals surface area (Å²) in [6.07, 6.45) is 1.04. The van der Waals surface area contributed by atoms with E-state index < -0.39 is 0 Å². The zero-order valence-electron chi connectivity index (χ0n) is 16.4. The summed E-state index contributed by atoms with van der Waals surface area (Å²) in [6.45, 7) is 3.29. The zero-order valence-corrected chi connectivity index (χ0v) is 16.4. The Morgan fingerprint density at radius 1 is 1.10 bits per heavy atom. The van der Waals surface area contributed by atoms with Gasteiger partial charge in [-0.25, -0.2) is 9.97 Å². The number of nitrogens with zero attached hydrogens (tertiary/aromatic N) is 2. The minimum atomic E-state index is -0.113. The van der Waals surface area contributed by atoms with Crippen LogP contribution in [0, 0.1) is 6.92 Å². The Kier molecular flexibility index (Phi) is 4.84. The van der Waals surface area contributed by atoms with Crippen LogP contribution in [-0.2, 0) is 11.2 Å². The lowest BCUT2D eigenvalue weighted by molar-refractivity contribution is -0.114. The first kappa shape index (κ1) is 18.8. The van der Waals surface area contributed by atoms with E-state index in [2.05, 4.69) is 21.4 Å². The Balaban J connectivity index is 1.75. The number of benzene rings is 2. The van der Waals surface area contributed by atoms with Gasteiger partial charge in [-0.2, -0.15) is 0 Å². The predicted octanol–water partition coefficient (Wildman–Crippen LogP) is 3.91. The Morgan fingerprint density at radius 2 is 1.90 bits per heavy atom. The number of carbonyl (C=O) groups excluding carboxylic acids is 2. The van der Waals surface area contributed by atoms with Gasteiger partial charge in [-0.05, 0) is 48.1 Å². The summed E-state index contributed by atoms with van der Waals surface area (Å²) in [5.41, 5.74) is 11.7. The van der Waals surface area contributed by atoms with Crippen LogP contribution >= 0.6 is 0 Å². The van der Waals surface area contributed by atoms with E-state index in [1.165, 1.54) is 6.92 Å². The molecule has 3 N–H and O–H groups in total. The molecule has 1 atom stereocenters. The van der Waals surface area contributed by atoms with Gasteiger partial charge in [0, 0.05) is 19.0 Å². The summed E-state index contributed by atoms with van der Waals surface area (Å²) < 4.78 is 0. The van der Waals surface area contributed by atoms with Gasteiger partial charge in [0.05, 0.1) is 17.0 Å². The van der Waals surface area contributed by atoms with Gasteiger partial charge in [0.15, 0.2) is 5.78 Å². The number of ketones is 1. The SMILES string of the molecule is CC(=O)Nc1cccc(-c2ccccc2C2CC(=O)c3c(C)nc(N)nc3C2)c1. The maximum Gasteiger partial charge on any atom is 0.221 e. The molecule has 1 aliphatic carbocycles. The van der Waals surface area contributed by atoms with Gasteiger partial charge in [-0.15, -0.1) is 0 Å². The molecule has 0 spiro atoms. The van der Waals surface area contributed by atoms with Crippen molar-refractivity contribution in [3.63, 3.8) is 0 Å². The third-order valence-electron chi connectivity index (χ3n) is 5.23. The second-order valence-corrected chi connectivity index (χ2v) is 7.37. The van der Waals surface area contributed by atoms with Crippen molar-refractivity contribution in [1.29, 1.82) is 0 Å². The van der Waals surface area contributed by atoms with Gasteiger partial charge in [-0.3, -0.25) is 9.59 Å². The Hall–Kier alpha value is -3.54. The molecule has 0 bridgehead atoms. The number of nitrogens with one attached hydrogen (secondary N) is 1. The van der Waals surface area contributed by atoms with E-state index in [0.717, 1.165) is 28.1 Å². The summed E-state index contributed by atoms with van der Waals surface area (Å²) in [6, 6.07) is 15.8. The average Bonchev–Trinajstić information content (AvgIpc) is 2.66. The Morgan fingerprint density at radius 3 is 2.69 bits per heavy atom. The largest absolute Gasteiger partial charge is 0.368 e. The lowest BCUT2D eigenvalue weighted by Crippen LogP contribution is -2.23. The van der Waals surface area contributed by atoms with Crippen molar-refractivity contribution in [3.8, 4) is 11.1 Å². The van der Waals surface area contributed by atoms with Crippen LogP contribution in [0.2, 0.25) is 0 Å². The van der Waals surface area contributed by atoms with Crippen molar-refractivity contribution >= 4 is 23.3 Å². The summed E-state index contributed by atoms with van der Waals surface area (Å²) in [7, 11) is 0. The van der Waals surface area contributed by atoms with Crippen molar-refractivity contribution in [3.05, 3.63) is 71.0 Å². The molecule has 1 aromatic heterocycles. The van der Waals surface area contributed by atoms with Crippen molar-refractivity contribution < 1.29 is 9.59 Å². The summed E-state index contributed by atoms with van der Waals surface area (Å²) >= 11 is 0. The number of fused-ring (bicyclic) bond motifs is 1. The van der Waals surface area contributed by atoms with Crippen LogP contribution in [0.3, 0.4) is 0 Å². The van der Waals surface area contributed by atoms with Crippen LogP contribution in [0.5, 0.6) is 0 Å². The molecule has 0 saturated heterocycles. The number of rotatable bonds is 3. The standard InChI is InChI=1S/C23H22N4O2/c1-13-22-20(27-23(24)25-13)11-16(12-21(22)29)19-9-4-3-8-18(19)15-6-5-7-17(10-15)26-14(2)28/h3-10,16H,11-12H2,1-2H3,(H,26,28)(H2,24,25,27). The lowest BCUT2D eigenvalue weighted by Gasteiger charge is -2.26. The Bertz CT molecular complexity index is 1120. The molecule has 2 aromatic carbocycles. The molecule has 3 aromatic rings. The minimum absolute atomic E-state index is 0.00400. The number of aryl methyl sites for hydroxylation is 1. The predicted molar refractivity (Wildman–Crippen MR) is 113 cm³/mol. The lowest BCUT2D eigenvalue weighted by atomic mass is 9.78. The fraction of sp³-hybridized carbons (Fsp3) is 0.217. The molecule has 1 heterocycles. The topological polar surface area (TPSA) is 98.0 Å². The number of carbonyl (C=O) groups is 2. The van der Waals surface area contributed by atoms with Crippen molar-refractivity contribution in [2.75, 3.05) is 11.1 Å². The van der Waals surface area contributed by atoms with Crippen LogP contribution in [0.15, 0.2) is 48.5 Å². The molecule has 0 aliphatic heterocycles. The molecule has 4 rings (SSSR count). The van der Waals surface area contributed by atoms with Crippen LogP contribution in [0.1, 0.15) is 46.6 Å². The third kappa shape index (κ3) is 3.74. The molecule has 6 heteroatoms. The van der Waals surface area contributed by atoms with Crippen LogP contribution < -0.4 is 11.1 Å². The molecule has 0 radical (unpaired) electrons. The third-order valence-corrected chi connectivity index (χ3v) is 5.23. The first-order valence-corrected chi connectivity index (χ1v) is 9.55. The van der Waals surface area contributed by atoms with Crippen molar-refractivity contribution in [2.45, 2.75) is 32.6 Å². The van der Waals surface area contributed by atoms with Crippen LogP contribution in [-0.4, -0.2) is 21.7 Å². The van der Waals surface area contributed by atoms with E-state index in [0.29, 0.717) is 24.1 Å². The highest BCUT2D eigenvalue weighted by Crippen LogP contribution is 2.38. The number of nitrogens with two attached hydrogens (primary N) is 1. The number of aromatic nitrogens is 2. The average molecular weight is 386 g/mol. The normalized spacial score (nSPS) is 15.7. The zero-order chi connectivity index (χ0) is 20.5. The first-order valence-electron chi connectivity index (χ1n) is 9.55. The summed E-state index contributed by atoms with van der Waals surface area (Å²) in [5, 5.41) is 2.82. The van der Waals surface area contributed by atoms with E-state index in [-0.39, 0.29) is 23.6 Å². The summed E-state index contributed by atoms with van der Waals surface area (Å²) in [4.78, 5) is 32.8. The quantitative estimate of drug-likeness (QED) is 0.711. The number of hydrogen-bond acceptors (Lipinski definition) is 5. The summed E-state index contributed by atoms with van der Waals surface area (Å²) in [5.74, 6) is 0.142. The number of nitrogen functional groups attached to an aromatic ring is 1. The van der Waals surface area contributed by atoms with Crippen LogP contribution in [0.25, 0.3) is 11.1 Å². The van der Waals surface area contributed by atoms with Crippen molar-refractivity contribution in [1.82, 2.24) is 9.97 Å². The van der Waals surface area contributed by atoms with Crippen LogP contribution in [0.4, 0.5) is 11.6 Å². The minimum Gasteiger partial charge on any atom is -0.368 e. The molecule has 0 saturated carbocycles. The second kappa shape index (κ2) is 7.47. The molecule has 0 fully saturated rings. The van der Waals surface area contributed by atoms with E-state index in [1.807, 2.05) is 42.5 Å². The second-order valence-electron chi connectivity index (χ2n) is 7.37.